The molecule has 0 aliphatic carbocycles. The van der Waals surface area contributed by atoms with Gasteiger partial charge in [0, 0.05) is 38.9 Å². The van der Waals surface area contributed by atoms with Crippen molar-refractivity contribution in [2.75, 3.05) is 46.7 Å². The average Bonchev–Trinajstić information content (AvgIpc) is 2.89. The molecule has 1 aliphatic heterocycles. The third kappa shape index (κ3) is 6.64. The number of carbonyl (C=O) groups excluding carboxylic acids is 1. The summed E-state index contributed by atoms with van der Waals surface area (Å²) in [6, 6.07) is 12.8. The molecule has 0 spiro atoms. The summed E-state index contributed by atoms with van der Waals surface area (Å²) in [6.45, 7) is 1.97. The second-order valence-corrected chi connectivity index (χ2v) is 8.79. The van der Waals surface area contributed by atoms with Gasteiger partial charge in [-0.05, 0) is 56.3 Å². The molecule has 1 N–H and O–H groups in total. The molecule has 1 aromatic carbocycles. The van der Waals surface area contributed by atoms with Gasteiger partial charge in [-0.2, -0.15) is 10.2 Å². The Labute approximate surface area is 222 Å². The average molecular weight is 524 g/mol. The molecule has 2 aromatic heterocycles. The summed E-state index contributed by atoms with van der Waals surface area (Å²) in [5.74, 6) is 1.33. The Hall–Kier alpha value is -3.94. The predicted octanol–water partition coefficient (Wildman–Crippen LogP) is 3.76. The Kier molecular flexibility index (Phi) is 9.22. The first-order valence-corrected chi connectivity index (χ1v) is 11.6. The van der Waals surface area contributed by atoms with Gasteiger partial charge in [0.25, 0.3) is 5.91 Å². The van der Waals surface area contributed by atoms with Crippen LogP contribution in [0.2, 0.25) is 0 Å². The number of methoxy groups -OCH3 is 1. The van der Waals surface area contributed by atoms with Crippen molar-refractivity contribution in [3.05, 3.63) is 53.7 Å². The number of hydrogen-bond acceptors (Lipinski definition) is 9. The van der Waals surface area contributed by atoms with Gasteiger partial charge in [-0.1, -0.05) is 0 Å². The van der Waals surface area contributed by atoms with Crippen LogP contribution in [0.3, 0.4) is 0 Å². The second-order valence-electron chi connectivity index (χ2n) is 8.79. The summed E-state index contributed by atoms with van der Waals surface area (Å²) in [5.41, 5.74) is 2.23. The van der Waals surface area contributed by atoms with Crippen LogP contribution in [0.25, 0.3) is 11.3 Å². The number of likely N-dealkylation sites (tertiary alicyclic amines) is 1. The number of amides is 1. The molecule has 1 amide bonds. The lowest BCUT2D eigenvalue weighted by molar-refractivity contribution is 0.0823. The van der Waals surface area contributed by atoms with Gasteiger partial charge in [0.2, 0.25) is 11.8 Å². The number of nitrogens with one attached hydrogen (secondary N) is 1. The van der Waals surface area contributed by atoms with Crippen molar-refractivity contribution < 1.29 is 14.3 Å². The van der Waals surface area contributed by atoms with Gasteiger partial charge >= 0.3 is 0 Å². The largest absolute Gasteiger partial charge is 0.489 e. The maximum atomic E-state index is 12.3. The van der Waals surface area contributed by atoms with E-state index in [0.717, 1.165) is 31.5 Å². The van der Waals surface area contributed by atoms with E-state index in [9.17, 15) is 10.1 Å². The quantitative estimate of drug-likeness (QED) is 0.494. The summed E-state index contributed by atoms with van der Waals surface area (Å²) in [4.78, 5) is 29.3. The van der Waals surface area contributed by atoms with Crippen LogP contribution in [0.15, 0.2) is 42.6 Å². The molecule has 3 heterocycles. The number of pyridine rings is 1. The van der Waals surface area contributed by atoms with Gasteiger partial charge in [0.1, 0.15) is 29.3 Å². The first-order chi connectivity index (χ1) is 17.4. The minimum Gasteiger partial charge on any atom is -0.489 e. The highest BCUT2D eigenvalue weighted by Gasteiger charge is 2.20. The molecule has 4 rings (SSSR count). The summed E-state index contributed by atoms with van der Waals surface area (Å²) in [5, 5.41) is 12.8. The van der Waals surface area contributed by atoms with Gasteiger partial charge < -0.3 is 24.6 Å². The maximum absolute atomic E-state index is 12.3. The second kappa shape index (κ2) is 12.3. The zero-order valence-electron chi connectivity index (χ0n) is 21.3. The summed E-state index contributed by atoms with van der Waals surface area (Å²) in [7, 11) is 6.89. The van der Waals surface area contributed by atoms with Crippen LogP contribution >= 0.6 is 12.4 Å². The van der Waals surface area contributed by atoms with Crippen LogP contribution in [-0.4, -0.2) is 78.1 Å². The van der Waals surface area contributed by atoms with Crippen LogP contribution in [0.4, 0.5) is 11.8 Å². The molecule has 3 aromatic rings. The van der Waals surface area contributed by atoms with Crippen LogP contribution in [0, 0.1) is 11.3 Å². The zero-order valence-corrected chi connectivity index (χ0v) is 22.1. The van der Waals surface area contributed by atoms with Crippen molar-refractivity contribution in [3.63, 3.8) is 0 Å². The first kappa shape index (κ1) is 27.6. The number of carbonyl (C=O) groups is 1. The molecule has 11 heteroatoms. The van der Waals surface area contributed by atoms with E-state index in [0.29, 0.717) is 34.3 Å². The van der Waals surface area contributed by atoms with E-state index in [2.05, 4.69) is 38.3 Å². The molecular weight excluding hydrogens is 494 g/mol. The van der Waals surface area contributed by atoms with Gasteiger partial charge in [-0.25, -0.2) is 9.97 Å². The molecule has 0 unspecified atom stereocenters. The topological polar surface area (TPSA) is 116 Å². The normalized spacial score (nSPS) is 13.7. The highest BCUT2D eigenvalue weighted by Crippen LogP contribution is 2.28. The number of anilines is 2. The molecule has 194 valence electrons. The smallest absolute Gasteiger partial charge is 0.258 e. The summed E-state index contributed by atoms with van der Waals surface area (Å²) >= 11 is 0. The number of ether oxygens (including phenoxy) is 2. The van der Waals surface area contributed by atoms with Gasteiger partial charge in [-0.15, -0.1) is 12.4 Å². The zero-order chi connectivity index (χ0) is 25.7. The van der Waals surface area contributed by atoms with Gasteiger partial charge in [-0.3, -0.25) is 4.79 Å². The lowest BCUT2D eigenvalue weighted by Crippen LogP contribution is -2.35. The van der Waals surface area contributed by atoms with Crippen molar-refractivity contribution in [2.45, 2.75) is 18.9 Å². The van der Waals surface area contributed by atoms with E-state index >= 15 is 0 Å². The number of rotatable bonds is 7. The van der Waals surface area contributed by atoms with Crippen molar-refractivity contribution in [3.8, 4) is 29.0 Å². The number of piperidine rings is 1. The molecule has 37 heavy (non-hydrogen) atoms. The monoisotopic (exact) mass is 523 g/mol. The van der Waals surface area contributed by atoms with E-state index in [1.165, 1.54) is 12.0 Å². The highest BCUT2D eigenvalue weighted by molar-refractivity contribution is 5.96. The highest BCUT2D eigenvalue weighted by atomic mass is 35.5. The molecule has 0 saturated carbocycles. The fraction of sp³-hybridized carbons (Fsp3) is 0.346. The van der Waals surface area contributed by atoms with Crippen LogP contribution < -0.4 is 14.8 Å². The van der Waals surface area contributed by atoms with Crippen LogP contribution in [-0.2, 0) is 0 Å². The predicted molar refractivity (Wildman–Crippen MR) is 143 cm³/mol. The van der Waals surface area contributed by atoms with Gasteiger partial charge in [0.05, 0.1) is 18.4 Å². The number of benzene rings is 1. The maximum Gasteiger partial charge on any atom is 0.258 e. The van der Waals surface area contributed by atoms with E-state index in [-0.39, 0.29) is 30.3 Å². The molecule has 0 atom stereocenters. The lowest BCUT2D eigenvalue weighted by atomic mass is 10.1. The minimum atomic E-state index is -0.208. The summed E-state index contributed by atoms with van der Waals surface area (Å²) in [6.07, 6.45) is 3.61. The Bertz CT molecular complexity index is 1290. The Morgan fingerprint density at radius 2 is 1.92 bits per heavy atom. The third-order valence-corrected chi connectivity index (χ3v) is 5.94. The van der Waals surface area contributed by atoms with Crippen LogP contribution in [0.1, 0.15) is 28.8 Å². The Morgan fingerprint density at radius 3 is 2.59 bits per heavy atom. The van der Waals surface area contributed by atoms with E-state index in [1.807, 2.05) is 12.1 Å². The van der Waals surface area contributed by atoms with E-state index in [1.54, 1.807) is 44.6 Å². The minimum absolute atomic E-state index is 0. The number of hydrogen-bond donors (Lipinski definition) is 1. The van der Waals surface area contributed by atoms with Crippen molar-refractivity contribution in [2.24, 2.45) is 0 Å². The lowest BCUT2D eigenvalue weighted by Gasteiger charge is -2.29. The fourth-order valence-corrected chi connectivity index (χ4v) is 3.93. The Morgan fingerprint density at radius 1 is 1.16 bits per heavy atom. The first-order valence-electron chi connectivity index (χ1n) is 11.6. The SMILES string of the molecule is COc1nc(Nc2nccc(-c3ccc(OC4CCN(C)CC4)c(C#N)c3)n2)ccc1C(=O)N(C)C.Cl. The molecule has 10 nitrogen and oxygen atoms in total. The van der Waals surface area contributed by atoms with Crippen LogP contribution in [0.5, 0.6) is 11.6 Å². The fourth-order valence-electron chi connectivity index (χ4n) is 3.93. The van der Waals surface area contributed by atoms with Crippen molar-refractivity contribution in [1.82, 2.24) is 24.8 Å². The van der Waals surface area contributed by atoms with E-state index < -0.39 is 0 Å². The molecular formula is C26H30ClN7O3. The number of nitrogens with zero attached hydrogens (tertiary/aromatic N) is 6. The summed E-state index contributed by atoms with van der Waals surface area (Å²) < 4.78 is 11.4. The number of nitriles is 1. The molecule has 1 fully saturated rings. The van der Waals surface area contributed by atoms with Crippen molar-refractivity contribution >= 4 is 30.1 Å². The molecule has 1 aliphatic rings. The van der Waals surface area contributed by atoms with E-state index in [4.69, 9.17) is 9.47 Å². The third-order valence-electron chi connectivity index (χ3n) is 5.94. The van der Waals surface area contributed by atoms with Gasteiger partial charge in [0.15, 0.2) is 0 Å². The van der Waals surface area contributed by atoms with Crippen molar-refractivity contribution in [1.29, 1.82) is 5.26 Å². The molecule has 0 radical (unpaired) electrons. The Balaban J connectivity index is 0.00000380. The number of aromatic nitrogens is 3. The standard InChI is InChI=1S/C26H29N7O3.ClH/c1-32(2)25(34)20-6-8-23(30-24(20)35-4)31-26-28-12-9-21(29-26)17-5-7-22(18(15-17)16-27)36-19-10-13-33(3)14-11-19;/h5-9,12,15,19H,10-11,13-14H2,1-4H3,(H,28,29,30,31);1H. The molecule has 0 bridgehead atoms. The number of halogens is 1. The molecule has 1 saturated heterocycles.